The van der Waals surface area contributed by atoms with Crippen LogP contribution in [0.3, 0.4) is 0 Å². The summed E-state index contributed by atoms with van der Waals surface area (Å²) >= 11 is 3.68. The molecule has 10 heteroatoms. The molecule has 0 radical (unpaired) electrons. The first kappa shape index (κ1) is 30.3. The Labute approximate surface area is 232 Å². The lowest BCUT2D eigenvalue weighted by molar-refractivity contribution is -0.220. The van der Waals surface area contributed by atoms with Crippen LogP contribution in [-0.2, 0) is 28.2 Å². The Morgan fingerprint density at radius 1 is 0.946 bits per heavy atom. The number of carbonyl (C=O) groups excluding carboxylic acids is 1. The summed E-state index contributed by atoms with van der Waals surface area (Å²) in [7, 11) is -2.04. The van der Waals surface area contributed by atoms with E-state index < -0.39 is 31.9 Å². The SMILES string of the molecule is CCC1([C@H](C)[C@@H](O)[C@H]2CSC[C@H]([C@@H](O[Si](CC)(CC)CC)[C@@H]3CSCCC34OCCO4)C2=O)OCCO1. The van der Waals surface area contributed by atoms with Crippen molar-refractivity contribution in [3.63, 3.8) is 0 Å². The third-order valence-electron chi connectivity index (χ3n) is 9.56. The van der Waals surface area contributed by atoms with E-state index in [-0.39, 0.29) is 29.6 Å². The van der Waals surface area contributed by atoms with Crippen molar-refractivity contribution in [1.82, 2.24) is 0 Å². The van der Waals surface area contributed by atoms with E-state index in [4.69, 9.17) is 23.4 Å². The van der Waals surface area contributed by atoms with Crippen molar-refractivity contribution in [3.05, 3.63) is 0 Å². The van der Waals surface area contributed by atoms with Gasteiger partial charge < -0.3 is 28.5 Å². The van der Waals surface area contributed by atoms with Crippen molar-refractivity contribution in [2.45, 2.75) is 89.4 Å². The minimum absolute atomic E-state index is 0.00313. The number of ketones is 1. The number of thioether (sulfide) groups is 2. The molecule has 4 aliphatic rings. The lowest BCUT2D eigenvalue weighted by atomic mass is 9.76. The Kier molecular flexibility index (Phi) is 10.6. The second-order valence-electron chi connectivity index (χ2n) is 11.1. The second-order valence-corrected chi connectivity index (χ2v) is 18.0. The summed E-state index contributed by atoms with van der Waals surface area (Å²) in [6.45, 7) is 12.9. The molecule has 0 aromatic heterocycles. The monoisotopic (exact) mass is 576 g/mol. The average Bonchev–Trinajstić information content (AvgIpc) is 3.61. The van der Waals surface area contributed by atoms with Crippen LogP contribution in [0.4, 0.5) is 0 Å². The van der Waals surface area contributed by atoms with Gasteiger partial charge in [-0.3, -0.25) is 4.79 Å². The molecule has 4 saturated heterocycles. The average molecular weight is 577 g/mol. The molecule has 0 amide bonds. The molecule has 1 spiro atoms. The zero-order valence-electron chi connectivity index (χ0n) is 23.4. The minimum atomic E-state index is -2.04. The van der Waals surface area contributed by atoms with Crippen molar-refractivity contribution in [2.75, 3.05) is 49.4 Å². The van der Waals surface area contributed by atoms with Crippen LogP contribution in [0.2, 0.25) is 18.1 Å². The molecule has 0 saturated carbocycles. The lowest BCUT2D eigenvalue weighted by Crippen LogP contribution is -2.59. The maximum atomic E-state index is 14.3. The van der Waals surface area contributed by atoms with Gasteiger partial charge >= 0.3 is 0 Å². The van der Waals surface area contributed by atoms with Crippen LogP contribution in [0.15, 0.2) is 0 Å². The van der Waals surface area contributed by atoms with Gasteiger partial charge in [-0.2, -0.15) is 23.5 Å². The van der Waals surface area contributed by atoms with Gasteiger partial charge in [0, 0.05) is 35.5 Å². The van der Waals surface area contributed by atoms with Crippen LogP contribution in [0.1, 0.15) is 47.5 Å². The summed E-state index contributed by atoms with van der Waals surface area (Å²) in [6, 6.07) is 3.07. The third kappa shape index (κ3) is 5.89. The van der Waals surface area contributed by atoms with E-state index in [1.54, 1.807) is 11.8 Å². The number of ether oxygens (including phenoxy) is 4. The fourth-order valence-electron chi connectivity index (χ4n) is 6.80. The number of carbonyl (C=O) groups is 1. The van der Waals surface area contributed by atoms with Crippen LogP contribution in [0.5, 0.6) is 0 Å². The van der Waals surface area contributed by atoms with Crippen molar-refractivity contribution in [1.29, 1.82) is 0 Å². The van der Waals surface area contributed by atoms with E-state index >= 15 is 0 Å². The first-order valence-electron chi connectivity index (χ1n) is 14.4. The molecule has 6 atom stereocenters. The zero-order chi connectivity index (χ0) is 26.7. The van der Waals surface area contributed by atoms with Gasteiger partial charge in [0.05, 0.1) is 50.5 Å². The van der Waals surface area contributed by atoms with Crippen molar-refractivity contribution in [2.24, 2.45) is 23.7 Å². The first-order chi connectivity index (χ1) is 17.8. The van der Waals surface area contributed by atoms with Crippen LogP contribution in [0.25, 0.3) is 0 Å². The number of Topliss-reactive ketones (excluding diaryl/α,β-unsaturated/α-hetero) is 1. The van der Waals surface area contributed by atoms with Gasteiger partial charge in [-0.15, -0.1) is 0 Å². The van der Waals surface area contributed by atoms with Crippen LogP contribution < -0.4 is 0 Å². The molecule has 0 unspecified atom stereocenters. The van der Waals surface area contributed by atoms with Crippen molar-refractivity contribution < 1.29 is 33.3 Å². The summed E-state index contributed by atoms with van der Waals surface area (Å²) in [5.41, 5.74) is 0. The topological polar surface area (TPSA) is 83.5 Å². The fraction of sp³-hybridized carbons (Fsp3) is 0.963. The Bertz CT molecular complexity index is 747. The van der Waals surface area contributed by atoms with Crippen molar-refractivity contribution in [3.8, 4) is 0 Å². The lowest BCUT2D eigenvalue weighted by Gasteiger charge is -2.49. The largest absolute Gasteiger partial charge is 0.413 e. The molecule has 4 fully saturated rings. The van der Waals surface area contributed by atoms with E-state index in [2.05, 4.69) is 20.8 Å². The molecule has 0 aliphatic carbocycles. The first-order valence-corrected chi connectivity index (χ1v) is 19.3. The highest BCUT2D eigenvalue weighted by Gasteiger charge is 2.56. The second kappa shape index (κ2) is 12.9. The van der Waals surface area contributed by atoms with E-state index in [1.807, 2.05) is 25.6 Å². The van der Waals surface area contributed by atoms with Crippen LogP contribution in [0, 0.1) is 23.7 Å². The van der Waals surface area contributed by atoms with E-state index in [0.717, 1.165) is 36.1 Å². The normalized spacial score (nSPS) is 32.5. The van der Waals surface area contributed by atoms with E-state index in [0.29, 0.717) is 44.4 Å². The molecule has 37 heavy (non-hydrogen) atoms. The number of aliphatic hydroxyl groups is 1. The van der Waals surface area contributed by atoms with Gasteiger partial charge in [0.25, 0.3) is 0 Å². The predicted octanol–water partition coefficient (Wildman–Crippen LogP) is 4.57. The molecular weight excluding hydrogens is 529 g/mol. The Hall–Kier alpha value is 0.347. The Morgan fingerprint density at radius 3 is 2.14 bits per heavy atom. The quantitative estimate of drug-likeness (QED) is 0.356. The standard InChI is InChI=1S/C27H48O7S2Si/c1-6-26(30-11-12-31-26)19(5)23(28)20-16-36-17-21(24(20)29)25(34-37(7-2,8-3)9-4)22-18-35-15-10-27(22)32-13-14-33-27/h19-23,25,28H,6-18H2,1-5H3/t19-,20-,21+,22+,23-,25-/m1/s1. The molecule has 4 heterocycles. The summed E-state index contributed by atoms with van der Waals surface area (Å²) in [5, 5.41) is 11.6. The highest BCUT2D eigenvalue weighted by atomic mass is 32.2. The highest BCUT2D eigenvalue weighted by Crippen LogP contribution is 2.47. The molecule has 4 aliphatic heterocycles. The van der Waals surface area contributed by atoms with E-state index in [1.165, 1.54) is 0 Å². The van der Waals surface area contributed by atoms with Gasteiger partial charge in [-0.25, -0.2) is 0 Å². The molecule has 1 N–H and O–H groups in total. The fourth-order valence-corrected chi connectivity index (χ4v) is 12.4. The highest BCUT2D eigenvalue weighted by molar-refractivity contribution is 7.99. The maximum absolute atomic E-state index is 14.3. The molecule has 0 aromatic carbocycles. The summed E-state index contributed by atoms with van der Waals surface area (Å²) in [4.78, 5) is 14.3. The van der Waals surface area contributed by atoms with Crippen molar-refractivity contribution >= 4 is 37.6 Å². The van der Waals surface area contributed by atoms with Gasteiger partial charge in [0.2, 0.25) is 0 Å². The van der Waals surface area contributed by atoms with Crippen LogP contribution in [-0.4, -0.2) is 92.4 Å². The third-order valence-corrected chi connectivity index (χ3v) is 16.5. The van der Waals surface area contributed by atoms with E-state index in [9.17, 15) is 9.90 Å². The molecule has 4 rings (SSSR count). The number of hydrogen-bond acceptors (Lipinski definition) is 9. The Morgan fingerprint density at radius 2 is 1.54 bits per heavy atom. The Balaban J connectivity index is 1.63. The maximum Gasteiger partial charge on any atom is 0.192 e. The molecule has 0 aromatic rings. The predicted molar refractivity (Wildman–Crippen MR) is 152 cm³/mol. The van der Waals surface area contributed by atoms with Gasteiger partial charge in [-0.1, -0.05) is 34.6 Å². The smallest absolute Gasteiger partial charge is 0.192 e. The molecule has 7 nitrogen and oxygen atoms in total. The van der Waals surface area contributed by atoms with Gasteiger partial charge in [0.1, 0.15) is 5.78 Å². The van der Waals surface area contributed by atoms with Gasteiger partial charge in [-0.05, 0) is 30.3 Å². The zero-order valence-corrected chi connectivity index (χ0v) is 26.0. The number of aliphatic hydroxyl groups excluding tert-OH is 1. The molecule has 0 bridgehead atoms. The number of rotatable bonds is 11. The number of hydrogen-bond donors (Lipinski definition) is 1. The molecule has 214 valence electrons. The van der Waals surface area contributed by atoms with Crippen LogP contribution >= 0.6 is 23.5 Å². The molecular formula is C27H48O7S2Si. The summed E-state index contributed by atoms with van der Waals surface area (Å²) in [6.07, 6.45) is 0.372. The minimum Gasteiger partial charge on any atom is -0.413 e. The van der Waals surface area contributed by atoms with Gasteiger partial charge in [0.15, 0.2) is 19.9 Å². The summed E-state index contributed by atoms with van der Waals surface area (Å²) in [5.74, 6) is 0.759. The summed E-state index contributed by atoms with van der Waals surface area (Å²) < 4.78 is 31.9.